The summed E-state index contributed by atoms with van der Waals surface area (Å²) in [5.41, 5.74) is 1.79. The number of methoxy groups -OCH3 is 1. The van der Waals surface area contributed by atoms with E-state index in [2.05, 4.69) is 16.9 Å². The first-order chi connectivity index (χ1) is 10.6. The first-order valence-electron chi connectivity index (χ1n) is 7.64. The molecule has 2 atom stereocenters. The molecule has 0 aliphatic carbocycles. The zero-order valence-corrected chi connectivity index (χ0v) is 13.4. The van der Waals surface area contributed by atoms with Crippen molar-refractivity contribution < 1.29 is 9.53 Å². The first kappa shape index (κ1) is 15.1. The van der Waals surface area contributed by atoms with Crippen LogP contribution in [0.3, 0.4) is 0 Å². The van der Waals surface area contributed by atoms with Crippen LogP contribution in [0.1, 0.15) is 16.8 Å². The smallest absolute Gasteiger partial charge is 0.253 e. The maximum atomic E-state index is 12.6. The number of hydrogen-bond acceptors (Lipinski definition) is 3. The van der Waals surface area contributed by atoms with Crippen LogP contribution in [0.5, 0.6) is 0 Å². The first-order valence-corrected chi connectivity index (χ1v) is 7.64. The molecule has 0 radical (unpaired) electrons. The highest BCUT2D eigenvalue weighted by atomic mass is 16.5. The molecular weight excluding hydrogens is 278 g/mol. The number of carbonyl (C=O) groups excluding carboxylic acids is 1. The van der Waals surface area contributed by atoms with Crippen molar-refractivity contribution in [2.24, 2.45) is 0 Å². The van der Waals surface area contributed by atoms with Gasteiger partial charge in [-0.05, 0) is 37.7 Å². The molecule has 0 saturated carbocycles. The van der Waals surface area contributed by atoms with Crippen LogP contribution in [-0.4, -0.2) is 67.1 Å². The van der Waals surface area contributed by atoms with Gasteiger partial charge in [0.05, 0.1) is 6.10 Å². The van der Waals surface area contributed by atoms with Crippen LogP contribution in [0, 0.1) is 0 Å². The molecule has 2 heterocycles. The van der Waals surface area contributed by atoms with Crippen molar-refractivity contribution in [2.45, 2.75) is 18.6 Å². The Morgan fingerprint density at radius 3 is 3.00 bits per heavy atom. The number of amides is 1. The molecule has 1 fully saturated rings. The summed E-state index contributed by atoms with van der Waals surface area (Å²) in [7, 11) is 5.72. The quantitative estimate of drug-likeness (QED) is 0.939. The van der Waals surface area contributed by atoms with Gasteiger partial charge in [-0.3, -0.25) is 9.69 Å². The second kappa shape index (κ2) is 6.10. The molecule has 5 heteroatoms. The Bertz CT molecular complexity index is 667. The number of H-pyrrole nitrogens is 1. The van der Waals surface area contributed by atoms with Gasteiger partial charge in [0.1, 0.15) is 0 Å². The van der Waals surface area contributed by atoms with Gasteiger partial charge < -0.3 is 14.6 Å². The molecule has 1 aromatic heterocycles. The Morgan fingerprint density at radius 1 is 1.45 bits per heavy atom. The maximum absolute atomic E-state index is 12.6. The second-order valence-corrected chi connectivity index (χ2v) is 6.15. The monoisotopic (exact) mass is 301 g/mol. The standard InChI is InChI=1S/C17H23N3O2/c1-19-11-15(22-3)9-14(19)10-20(2)17(21)13-4-5-16-12(8-13)6-7-18-16/h4-8,14-15,18H,9-11H2,1-3H3/t14-,15-/m0/s1. The van der Waals surface area contributed by atoms with Crippen LogP contribution in [0.2, 0.25) is 0 Å². The lowest BCUT2D eigenvalue weighted by Gasteiger charge is -2.25. The fourth-order valence-corrected chi connectivity index (χ4v) is 3.22. The van der Waals surface area contributed by atoms with Crippen LogP contribution < -0.4 is 0 Å². The molecule has 0 unspecified atom stereocenters. The zero-order chi connectivity index (χ0) is 15.7. The number of rotatable bonds is 4. The van der Waals surface area contributed by atoms with Gasteiger partial charge in [-0.2, -0.15) is 0 Å². The van der Waals surface area contributed by atoms with Gasteiger partial charge in [0.15, 0.2) is 0 Å². The average Bonchev–Trinajstić information content (AvgIpc) is 3.12. The van der Waals surface area contributed by atoms with Crippen LogP contribution in [0.15, 0.2) is 30.5 Å². The van der Waals surface area contributed by atoms with E-state index >= 15 is 0 Å². The summed E-state index contributed by atoms with van der Waals surface area (Å²) in [4.78, 5) is 19.9. The van der Waals surface area contributed by atoms with Crippen molar-refractivity contribution in [3.05, 3.63) is 36.0 Å². The zero-order valence-electron chi connectivity index (χ0n) is 13.4. The van der Waals surface area contributed by atoms with E-state index in [4.69, 9.17) is 4.74 Å². The molecular formula is C17H23N3O2. The van der Waals surface area contributed by atoms with Gasteiger partial charge in [0.2, 0.25) is 0 Å². The fourth-order valence-electron chi connectivity index (χ4n) is 3.22. The molecule has 2 aromatic rings. The van der Waals surface area contributed by atoms with Gasteiger partial charge >= 0.3 is 0 Å². The van der Waals surface area contributed by atoms with E-state index in [1.807, 2.05) is 42.4 Å². The number of nitrogens with zero attached hydrogens (tertiary/aromatic N) is 2. The topological polar surface area (TPSA) is 48.6 Å². The predicted molar refractivity (Wildman–Crippen MR) is 87.1 cm³/mol. The number of ether oxygens (including phenoxy) is 1. The molecule has 1 aliphatic heterocycles. The van der Waals surface area contributed by atoms with Gasteiger partial charge in [-0.15, -0.1) is 0 Å². The third-order valence-corrected chi connectivity index (χ3v) is 4.61. The third kappa shape index (κ3) is 2.87. The minimum atomic E-state index is 0.0670. The van der Waals surface area contributed by atoms with E-state index in [1.165, 1.54) is 0 Å². The van der Waals surface area contributed by atoms with E-state index in [0.717, 1.165) is 36.0 Å². The molecule has 3 rings (SSSR count). The molecule has 0 bridgehead atoms. The molecule has 1 saturated heterocycles. The molecule has 118 valence electrons. The highest BCUT2D eigenvalue weighted by Gasteiger charge is 2.31. The summed E-state index contributed by atoms with van der Waals surface area (Å²) < 4.78 is 5.43. The number of nitrogens with one attached hydrogen (secondary N) is 1. The summed E-state index contributed by atoms with van der Waals surface area (Å²) in [6.45, 7) is 1.65. The van der Waals surface area contributed by atoms with Gasteiger partial charge in [0.25, 0.3) is 5.91 Å². The number of hydrogen-bond donors (Lipinski definition) is 1. The van der Waals surface area contributed by atoms with Crippen LogP contribution in [-0.2, 0) is 4.74 Å². The maximum Gasteiger partial charge on any atom is 0.253 e. The van der Waals surface area contributed by atoms with E-state index < -0.39 is 0 Å². The Balaban J connectivity index is 1.68. The summed E-state index contributed by atoms with van der Waals surface area (Å²) in [6, 6.07) is 8.13. The lowest BCUT2D eigenvalue weighted by atomic mass is 10.1. The number of carbonyl (C=O) groups is 1. The summed E-state index contributed by atoms with van der Waals surface area (Å²) in [5.74, 6) is 0.0670. The van der Waals surface area contributed by atoms with E-state index in [-0.39, 0.29) is 12.0 Å². The lowest BCUT2D eigenvalue weighted by molar-refractivity contribution is 0.0760. The van der Waals surface area contributed by atoms with Gasteiger partial charge in [0, 0.05) is 56.0 Å². The molecule has 22 heavy (non-hydrogen) atoms. The fraction of sp³-hybridized carbons (Fsp3) is 0.471. The summed E-state index contributed by atoms with van der Waals surface area (Å²) in [6.07, 6.45) is 3.14. The largest absolute Gasteiger partial charge is 0.380 e. The van der Waals surface area contributed by atoms with E-state index in [0.29, 0.717) is 6.04 Å². The Morgan fingerprint density at radius 2 is 2.27 bits per heavy atom. The Labute approximate surface area is 130 Å². The minimum absolute atomic E-state index is 0.0670. The molecule has 1 aliphatic rings. The summed E-state index contributed by atoms with van der Waals surface area (Å²) >= 11 is 0. The van der Waals surface area contributed by atoms with Crippen molar-refractivity contribution in [3.8, 4) is 0 Å². The molecule has 0 spiro atoms. The van der Waals surface area contributed by atoms with Gasteiger partial charge in [-0.1, -0.05) is 0 Å². The van der Waals surface area contributed by atoms with Gasteiger partial charge in [-0.25, -0.2) is 0 Å². The molecule has 1 N–H and O–H groups in total. The molecule has 5 nitrogen and oxygen atoms in total. The van der Waals surface area contributed by atoms with Crippen molar-refractivity contribution >= 4 is 16.8 Å². The van der Waals surface area contributed by atoms with Crippen LogP contribution in [0.4, 0.5) is 0 Å². The minimum Gasteiger partial charge on any atom is -0.380 e. The third-order valence-electron chi connectivity index (χ3n) is 4.61. The number of aromatic amines is 1. The van der Waals surface area contributed by atoms with Crippen molar-refractivity contribution in [2.75, 3.05) is 34.3 Å². The normalized spacial score (nSPS) is 22.3. The number of likely N-dealkylation sites (N-methyl/N-ethyl adjacent to an activating group) is 2. The molecule has 1 aromatic carbocycles. The van der Waals surface area contributed by atoms with Crippen molar-refractivity contribution in [1.82, 2.24) is 14.8 Å². The summed E-state index contributed by atoms with van der Waals surface area (Å²) in [5, 5.41) is 1.07. The van der Waals surface area contributed by atoms with Crippen molar-refractivity contribution in [3.63, 3.8) is 0 Å². The van der Waals surface area contributed by atoms with E-state index in [1.54, 1.807) is 7.11 Å². The number of benzene rings is 1. The Hall–Kier alpha value is -1.85. The predicted octanol–water partition coefficient (Wildman–Crippen LogP) is 1.96. The number of aromatic nitrogens is 1. The highest BCUT2D eigenvalue weighted by Crippen LogP contribution is 2.20. The van der Waals surface area contributed by atoms with Crippen LogP contribution in [0.25, 0.3) is 10.9 Å². The average molecular weight is 301 g/mol. The number of likely N-dealkylation sites (tertiary alicyclic amines) is 1. The lowest BCUT2D eigenvalue weighted by Crippen LogP contribution is -2.39. The number of fused-ring (bicyclic) bond motifs is 1. The van der Waals surface area contributed by atoms with Crippen molar-refractivity contribution in [1.29, 1.82) is 0 Å². The molecule has 1 amide bonds. The highest BCUT2D eigenvalue weighted by molar-refractivity contribution is 5.97. The second-order valence-electron chi connectivity index (χ2n) is 6.15. The van der Waals surface area contributed by atoms with E-state index in [9.17, 15) is 4.79 Å². The Kier molecular flexibility index (Phi) is 4.18. The SMILES string of the molecule is CO[C@H]1C[C@@H](CN(C)C(=O)c2ccc3[nH]ccc3c2)N(C)C1. The van der Waals surface area contributed by atoms with Crippen LogP contribution >= 0.6 is 0 Å².